The minimum Gasteiger partial charge on any atom is -0.507 e. The summed E-state index contributed by atoms with van der Waals surface area (Å²) in [7, 11) is 0. The van der Waals surface area contributed by atoms with E-state index in [2.05, 4.69) is 31.0 Å². The van der Waals surface area contributed by atoms with Crippen LogP contribution < -0.4 is 10.9 Å². The molecule has 0 spiro atoms. The van der Waals surface area contributed by atoms with Gasteiger partial charge in [-0.05, 0) is 64.9 Å². The van der Waals surface area contributed by atoms with Gasteiger partial charge in [0.2, 0.25) is 17.6 Å². The van der Waals surface area contributed by atoms with Gasteiger partial charge in [0.15, 0.2) is 0 Å². The Bertz CT molecular complexity index is 2880. The summed E-state index contributed by atoms with van der Waals surface area (Å²) >= 11 is 0. The molecule has 0 saturated heterocycles. The number of phenolic OH excluding ortho intramolecular Hbond substituents is 2. The highest BCUT2D eigenvalue weighted by Crippen LogP contribution is 2.32. The Morgan fingerprint density at radius 1 is 0.627 bits per heavy atom. The van der Waals surface area contributed by atoms with Gasteiger partial charge in [0, 0.05) is 37.1 Å². The molecule has 0 saturated carbocycles. The van der Waals surface area contributed by atoms with Crippen molar-refractivity contribution in [2.24, 2.45) is 10.2 Å². The molecule has 12 nitrogen and oxygen atoms in total. The third kappa shape index (κ3) is 9.04. The molecule has 2 heterocycles. The summed E-state index contributed by atoms with van der Waals surface area (Å²) in [4.78, 5) is 32.5. The lowest BCUT2D eigenvalue weighted by Gasteiger charge is -2.10. The van der Waals surface area contributed by atoms with E-state index in [9.17, 15) is 33.0 Å². The molecule has 0 atom stereocenters. The van der Waals surface area contributed by atoms with Crippen LogP contribution in [-0.2, 0) is 28.9 Å². The molecule has 0 fully saturated rings. The molecule has 15 heteroatoms. The van der Waals surface area contributed by atoms with E-state index < -0.39 is 17.9 Å². The highest BCUT2D eigenvalue weighted by Gasteiger charge is 2.37. The Balaban J connectivity index is 0.000000180. The number of alkyl halides is 3. The second kappa shape index (κ2) is 17.3. The van der Waals surface area contributed by atoms with E-state index in [0.29, 0.717) is 23.2 Å². The largest absolute Gasteiger partial charge is 0.507 e. The van der Waals surface area contributed by atoms with Crippen LogP contribution in [0.5, 0.6) is 11.5 Å². The molecule has 0 bridgehead atoms. The summed E-state index contributed by atoms with van der Waals surface area (Å²) in [5.41, 5.74) is 8.28. The topological polar surface area (TPSA) is 159 Å². The number of hydrogen-bond acceptors (Lipinski definition) is 8. The van der Waals surface area contributed by atoms with E-state index in [1.54, 1.807) is 30.3 Å². The van der Waals surface area contributed by atoms with Crippen LogP contribution in [0.4, 0.5) is 13.2 Å². The summed E-state index contributed by atoms with van der Waals surface area (Å²) in [5, 5.41) is 31.6. The van der Waals surface area contributed by atoms with Crippen LogP contribution in [0.25, 0.3) is 43.6 Å². The van der Waals surface area contributed by atoms with Gasteiger partial charge in [-0.15, -0.1) is 0 Å². The first-order valence-electron chi connectivity index (χ1n) is 18.5. The third-order valence-electron chi connectivity index (χ3n) is 9.54. The fourth-order valence-electron chi connectivity index (χ4n) is 6.71. The molecule has 8 aromatic rings. The van der Waals surface area contributed by atoms with Crippen molar-refractivity contribution < 1.29 is 33.0 Å². The number of para-hydroxylation sites is 4. The van der Waals surface area contributed by atoms with Gasteiger partial charge in [-0.3, -0.25) is 9.59 Å². The molecule has 0 aliphatic heterocycles. The molecular weight excluding hydrogens is 762 g/mol. The van der Waals surface area contributed by atoms with Crippen molar-refractivity contribution in [3.8, 4) is 11.5 Å². The van der Waals surface area contributed by atoms with Crippen LogP contribution in [0.1, 0.15) is 35.6 Å². The standard InChI is InChI=1S/C22H17F3N4O2.C22H20N4O2/c23-22(24,25)21-27-17-7-3-4-8-18(17)29(21)12-11-20(31)28-26-13-16-15-6-2-1-5-14(15)9-10-19(16)30;1-15-24-19-8-4-5-9-20(19)26(15)13-12-22(28)25-23-14-18-17-7-3-2-6-16(17)10-11-21(18)27/h1-10,13,30H,11-12H2,(H,28,31);2-11,14,27H,12-13H2,1H3,(H,25,28)/b26-13+;23-14+. The zero-order valence-electron chi connectivity index (χ0n) is 31.6. The fourth-order valence-corrected chi connectivity index (χ4v) is 6.71. The van der Waals surface area contributed by atoms with Crippen LogP contribution in [0.15, 0.2) is 132 Å². The molecule has 2 amide bonds. The SMILES string of the molecule is Cc1nc2ccccc2n1CCC(=O)N/N=C/c1c(O)ccc2ccccc12.O=C(CCn1c(C(F)(F)F)nc2ccccc21)N/N=C/c1c(O)ccc2ccccc12. The van der Waals surface area contributed by atoms with E-state index in [0.717, 1.165) is 43.0 Å². The maximum Gasteiger partial charge on any atom is 0.449 e. The van der Waals surface area contributed by atoms with Crippen molar-refractivity contribution >= 4 is 67.9 Å². The zero-order valence-corrected chi connectivity index (χ0v) is 31.6. The molecule has 2 aromatic heterocycles. The highest BCUT2D eigenvalue weighted by molar-refractivity contribution is 6.03. The number of aromatic hydroxyl groups is 2. The molecule has 59 heavy (non-hydrogen) atoms. The number of amides is 2. The molecule has 0 aliphatic carbocycles. The lowest BCUT2D eigenvalue weighted by atomic mass is 10.0. The van der Waals surface area contributed by atoms with E-state index in [-0.39, 0.29) is 42.3 Å². The van der Waals surface area contributed by atoms with E-state index in [4.69, 9.17) is 0 Å². The maximum absolute atomic E-state index is 13.3. The van der Waals surface area contributed by atoms with Crippen LogP contribution in [0.3, 0.4) is 0 Å². The number of rotatable bonds is 10. The van der Waals surface area contributed by atoms with Gasteiger partial charge in [-0.1, -0.05) is 84.9 Å². The van der Waals surface area contributed by atoms with Crippen molar-refractivity contribution in [3.63, 3.8) is 0 Å². The summed E-state index contributed by atoms with van der Waals surface area (Å²) < 4.78 is 43.0. The number of halogens is 3. The van der Waals surface area contributed by atoms with Crippen molar-refractivity contribution in [1.29, 1.82) is 0 Å². The molecule has 298 valence electrons. The summed E-state index contributed by atoms with van der Waals surface area (Å²) in [6, 6.07) is 35.9. The summed E-state index contributed by atoms with van der Waals surface area (Å²) in [6.07, 6.45) is -1.81. The predicted octanol–water partition coefficient (Wildman–Crippen LogP) is 8.20. The minimum atomic E-state index is -4.64. The number of fused-ring (bicyclic) bond motifs is 4. The predicted molar refractivity (Wildman–Crippen MR) is 221 cm³/mol. The van der Waals surface area contributed by atoms with Crippen molar-refractivity contribution in [2.45, 2.75) is 39.0 Å². The van der Waals surface area contributed by atoms with Crippen LogP contribution in [-0.4, -0.2) is 53.6 Å². The van der Waals surface area contributed by atoms with Crippen molar-refractivity contribution in [2.75, 3.05) is 0 Å². The number of hydrazone groups is 2. The Morgan fingerprint density at radius 3 is 1.59 bits per heavy atom. The molecule has 8 rings (SSSR count). The summed E-state index contributed by atoms with van der Waals surface area (Å²) in [6.45, 7) is 2.24. The van der Waals surface area contributed by atoms with E-state index >= 15 is 0 Å². The van der Waals surface area contributed by atoms with Crippen LogP contribution >= 0.6 is 0 Å². The molecule has 0 aliphatic rings. The monoisotopic (exact) mass is 798 g/mol. The number of nitrogens with zero attached hydrogens (tertiary/aromatic N) is 6. The van der Waals surface area contributed by atoms with Crippen molar-refractivity contribution in [1.82, 2.24) is 30.0 Å². The van der Waals surface area contributed by atoms with Gasteiger partial charge in [0.25, 0.3) is 0 Å². The average molecular weight is 799 g/mol. The van der Waals surface area contributed by atoms with Gasteiger partial charge in [0.05, 0.1) is 34.5 Å². The number of aromatic nitrogens is 4. The number of carbonyl (C=O) groups excluding carboxylic acids is 2. The molecule has 0 radical (unpaired) electrons. The Kier molecular flexibility index (Phi) is 11.6. The normalized spacial score (nSPS) is 11.8. The second-order valence-corrected chi connectivity index (χ2v) is 13.4. The molecule has 0 unspecified atom stereocenters. The average Bonchev–Trinajstić information content (AvgIpc) is 3.78. The van der Waals surface area contributed by atoms with Gasteiger partial charge in [-0.2, -0.15) is 23.4 Å². The van der Waals surface area contributed by atoms with Gasteiger partial charge in [-0.25, -0.2) is 20.8 Å². The lowest BCUT2D eigenvalue weighted by Crippen LogP contribution is -2.21. The van der Waals surface area contributed by atoms with E-state index in [1.807, 2.05) is 84.3 Å². The Hall–Kier alpha value is -7.55. The number of hydrogen-bond donors (Lipinski definition) is 4. The number of phenols is 2. The smallest absolute Gasteiger partial charge is 0.449 e. The first-order valence-corrected chi connectivity index (χ1v) is 18.5. The van der Waals surface area contributed by atoms with Crippen molar-refractivity contribution in [3.05, 3.63) is 144 Å². The maximum atomic E-state index is 13.3. The Labute approximate surface area is 335 Å². The van der Waals surface area contributed by atoms with Gasteiger partial charge in [0.1, 0.15) is 17.3 Å². The Morgan fingerprint density at radius 2 is 1.07 bits per heavy atom. The second-order valence-electron chi connectivity index (χ2n) is 13.4. The summed E-state index contributed by atoms with van der Waals surface area (Å²) in [5.74, 6) is -0.826. The minimum absolute atomic E-state index is 0.00333. The van der Waals surface area contributed by atoms with Crippen LogP contribution in [0, 0.1) is 6.92 Å². The number of carbonyl (C=O) groups is 2. The van der Waals surface area contributed by atoms with Gasteiger partial charge >= 0.3 is 6.18 Å². The number of nitrogens with one attached hydrogen (secondary N) is 2. The quantitative estimate of drug-likeness (QED) is 0.0807. The first-order chi connectivity index (χ1) is 28.5. The van der Waals surface area contributed by atoms with Gasteiger partial charge < -0.3 is 19.3 Å². The van der Waals surface area contributed by atoms with E-state index in [1.165, 1.54) is 30.6 Å². The van der Waals surface area contributed by atoms with Crippen LogP contribution in [0.2, 0.25) is 0 Å². The third-order valence-corrected chi connectivity index (χ3v) is 9.54. The highest BCUT2D eigenvalue weighted by atomic mass is 19.4. The zero-order chi connectivity index (χ0) is 41.5. The molecule has 6 aromatic carbocycles. The first kappa shape index (κ1) is 39.7. The fraction of sp³-hybridized carbons (Fsp3) is 0.136. The number of benzene rings is 6. The number of aryl methyl sites for hydroxylation is 3. The number of imidazole rings is 2. The molecular formula is C44H37F3N8O4. The lowest BCUT2D eigenvalue weighted by molar-refractivity contribution is -0.147. The molecule has 4 N–H and O–H groups in total.